The first-order valence-corrected chi connectivity index (χ1v) is 6.07. The van der Waals surface area contributed by atoms with Crippen LogP contribution in [0.15, 0.2) is 52.5 Å². The fourth-order valence-corrected chi connectivity index (χ4v) is 1.80. The Hall–Kier alpha value is -3.09. The van der Waals surface area contributed by atoms with Crippen LogP contribution in [0.1, 0.15) is 15.9 Å². The molecule has 0 radical (unpaired) electrons. The van der Waals surface area contributed by atoms with Crippen molar-refractivity contribution in [2.24, 2.45) is 10.9 Å². The lowest BCUT2D eigenvalue weighted by molar-refractivity contribution is 0.0993. The number of carbonyl (C=O) groups excluding carboxylic acids is 1. The Bertz CT molecular complexity index is 734. The molecular formula is C14H14N4O3. The number of hydrogen-bond donors (Lipinski definition) is 3. The van der Waals surface area contributed by atoms with Gasteiger partial charge in [0.1, 0.15) is 0 Å². The van der Waals surface area contributed by atoms with E-state index in [9.17, 15) is 9.59 Å². The number of rotatable bonds is 3. The van der Waals surface area contributed by atoms with Crippen molar-refractivity contribution >= 4 is 17.4 Å². The first-order valence-electron chi connectivity index (χ1n) is 6.07. The number of aromatic amines is 1. The van der Waals surface area contributed by atoms with Crippen LogP contribution in [0.2, 0.25) is 0 Å². The number of amides is 1. The molecule has 0 spiro atoms. The summed E-state index contributed by atoms with van der Waals surface area (Å²) in [5.41, 5.74) is 6.59. The summed E-state index contributed by atoms with van der Waals surface area (Å²) in [6.45, 7) is 0. The lowest BCUT2D eigenvalue weighted by Gasteiger charge is -2.17. The van der Waals surface area contributed by atoms with Gasteiger partial charge in [-0.1, -0.05) is 5.16 Å². The van der Waals surface area contributed by atoms with Gasteiger partial charge in [-0.15, -0.1) is 0 Å². The fourth-order valence-electron chi connectivity index (χ4n) is 1.80. The molecule has 0 aliphatic rings. The van der Waals surface area contributed by atoms with Gasteiger partial charge in [-0.3, -0.25) is 9.59 Å². The van der Waals surface area contributed by atoms with Crippen molar-refractivity contribution in [2.75, 3.05) is 11.9 Å². The van der Waals surface area contributed by atoms with E-state index in [4.69, 9.17) is 10.9 Å². The summed E-state index contributed by atoms with van der Waals surface area (Å²) in [6, 6.07) is 9.36. The van der Waals surface area contributed by atoms with E-state index in [1.807, 2.05) is 0 Å². The van der Waals surface area contributed by atoms with Gasteiger partial charge in [0.05, 0.1) is 0 Å². The summed E-state index contributed by atoms with van der Waals surface area (Å²) in [5, 5.41) is 11.5. The number of carbonyl (C=O) groups is 1. The minimum Gasteiger partial charge on any atom is -0.409 e. The Morgan fingerprint density at radius 1 is 1.24 bits per heavy atom. The smallest absolute Gasteiger partial charge is 0.258 e. The highest BCUT2D eigenvalue weighted by Gasteiger charge is 2.14. The Kier molecular flexibility index (Phi) is 4.03. The molecule has 0 aliphatic heterocycles. The number of aromatic nitrogens is 1. The SMILES string of the molecule is CN(C(=O)c1cc[nH]c(=O)c1)c1ccc(/C(N)=N/O)cc1. The summed E-state index contributed by atoms with van der Waals surface area (Å²) >= 11 is 0. The van der Waals surface area contributed by atoms with Crippen LogP contribution in [0, 0.1) is 0 Å². The molecule has 108 valence electrons. The van der Waals surface area contributed by atoms with Crippen LogP contribution < -0.4 is 16.2 Å². The fraction of sp³-hybridized carbons (Fsp3) is 0.0714. The average molecular weight is 286 g/mol. The first kappa shape index (κ1) is 14.3. The highest BCUT2D eigenvalue weighted by atomic mass is 16.4. The van der Waals surface area contributed by atoms with Crippen LogP contribution in [0.4, 0.5) is 5.69 Å². The van der Waals surface area contributed by atoms with E-state index in [1.165, 1.54) is 23.2 Å². The zero-order valence-corrected chi connectivity index (χ0v) is 11.3. The van der Waals surface area contributed by atoms with Gasteiger partial charge in [-0.2, -0.15) is 0 Å². The van der Waals surface area contributed by atoms with Crippen LogP contribution >= 0.6 is 0 Å². The van der Waals surface area contributed by atoms with Gasteiger partial charge in [0, 0.05) is 36.1 Å². The van der Waals surface area contributed by atoms with Gasteiger partial charge < -0.3 is 20.8 Å². The summed E-state index contributed by atoms with van der Waals surface area (Å²) < 4.78 is 0. The molecule has 21 heavy (non-hydrogen) atoms. The molecule has 2 aromatic rings. The summed E-state index contributed by atoms with van der Waals surface area (Å²) in [7, 11) is 1.60. The highest BCUT2D eigenvalue weighted by Crippen LogP contribution is 2.16. The van der Waals surface area contributed by atoms with Gasteiger partial charge >= 0.3 is 0 Å². The van der Waals surface area contributed by atoms with Crippen LogP contribution in [0.3, 0.4) is 0 Å². The Labute approximate surface area is 120 Å². The number of nitrogens with zero attached hydrogens (tertiary/aromatic N) is 2. The molecule has 1 aromatic heterocycles. The van der Waals surface area contributed by atoms with E-state index in [2.05, 4.69) is 10.1 Å². The number of H-pyrrole nitrogens is 1. The third kappa shape index (κ3) is 3.08. The molecule has 0 saturated heterocycles. The number of amidine groups is 1. The quantitative estimate of drug-likeness (QED) is 0.334. The average Bonchev–Trinajstić information content (AvgIpc) is 2.53. The molecule has 2 rings (SSSR count). The van der Waals surface area contributed by atoms with E-state index in [0.717, 1.165) is 0 Å². The molecule has 0 aliphatic carbocycles. The Balaban J connectivity index is 2.25. The predicted octanol–water partition coefficient (Wildman–Crippen LogP) is 0.746. The molecule has 1 heterocycles. The number of anilines is 1. The second-order valence-corrected chi connectivity index (χ2v) is 4.34. The van der Waals surface area contributed by atoms with Crippen LogP contribution in [-0.4, -0.2) is 29.0 Å². The van der Waals surface area contributed by atoms with Gasteiger partial charge in [0.2, 0.25) is 5.56 Å². The minimum absolute atomic E-state index is 0.00915. The molecule has 0 saturated carbocycles. The monoisotopic (exact) mass is 286 g/mol. The predicted molar refractivity (Wildman–Crippen MR) is 78.7 cm³/mol. The topological polar surface area (TPSA) is 112 Å². The number of hydrogen-bond acceptors (Lipinski definition) is 4. The van der Waals surface area contributed by atoms with Crippen molar-refractivity contribution in [1.82, 2.24) is 4.98 Å². The molecule has 7 heteroatoms. The number of benzene rings is 1. The zero-order chi connectivity index (χ0) is 15.4. The lowest BCUT2D eigenvalue weighted by atomic mass is 10.1. The molecule has 1 amide bonds. The van der Waals surface area contributed by atoms with Gasteiger partial charge in [0.15, 0.2) is 5.84 Å². The maximum atomic E-state index is 12.3. The standard InChI is InChI=1S/C14H14N4O3/c1-18(14(20)10-6-7-16-12(19)8-10)11-4-2-9(3-5-11)13(15)17-21/h2-8,21H,1H3,(H2,15,17)(H,16,19). The van der Waals surface area contributed by atoms with Crippen molar-refractivity contribution in [2.45, 2.75) is 0 Å². The van der Waals surface area contributed by atoms with Crippen LogP contribution in [0.5, 0.6) is 0 Å². The Morgan fingerprint density at radius 3 is 2.48 bits per heavy atom. The number of oxime groups is 1. The maximum absolute atomic E-state index is 12.3. The van der Waals surface area contributed by atoms with Gasteiger partial charge in [-0.05, 0) is 30.3 Å². The van der Waals surface area contributed by atoms with Crippen molar-refractivity contribution in [3.63, 3.8) is 0 Å². The first-order chi connectivity index (χ1) is 10.0. The second kappa shape index (κ2) is 5.91. The van der Waals surface area contributed by atoms with E-state index < -0.39 is 0 Å². The van der Waals surface area contributed by atoms with E-state index in [-0.39, 0.29) is 17.3 Å². The summed E-state index contributed by atoms with van der Waals surface area (Å²) in [6.07, 6.45) is 1.42. The lowest BCUT2D eigenvalue weighted by Crippen LogP contribution is -2.27. The van der Waals surface area contributed by atoms with Crippen LogP contribution in [0.25, 0.3) is 0 Å². The number of nitrogens with two attached hydrogens (primary N) is 1. The molecule has 7 nitrogen and oxygen atoms in total. The van der Waals surface area contributed by atoms with Crippen molar-refractivity contribution in [3.8, 4) is 0 Å². The summed E-state index contributed by atoms with van der Waals surface area (Å²) in [4.78, 5) is 27.3. The van der Waals surface area contributed by atoms with Crippen molar-refractivity contribution in [3.05, 3.63) is 64.1 Å². The third-order valence-electron chi connectivity index (χ3n) is 2.98. The molecule has 4 N–H and O–H groups in total. The largest absolute Gasteiger partial charge is 0.409 e. The number of nitrogens with one attached hydrogen (secondary N) is 1. The second-order valence-electron chi connectivity index (χ2n) is 4.34. The molecular weight excluding hydrogens is 272 g/mol. The molecule has 0 atom stereocenters. The van der Waals surface area contributed by atoms with Crippen LogP contribution in [-0.2, 0) is 0 Å². The minimum atomic E-state index is -0.337. The molecule has 1 aromatic carbocycles. The third-order valence-corrected chi connectivity index (χ3v) is 2.98. The van der Waals surface area contributed by atoms with Crippen molar-refractivity contribution in [1.29, 1.82) is 0 Å². The van der Waals surface area contributed by atoms with Gasteiger partial charge in [-0.25, -0.2) is 0 Å². The number of pyridine rings is 1. The Morgan fingerprint density at radius 2 is 1.90 bits per heavy atom. The van der Waals surface area contributed by atoms with E-state index in [1.54, 1.807) is 31.3 Å². The zero-order valence-electron chi connectivity index (χ0n) is 11.3. The highest BCUT2D eigenvalue weighted by molar-refractivity contribution is 6.06. The molecule has 0 unspecified atom stereocenters. The molecule has 0 fully saturated rings. The van der Waals surface area contributed by atoms with Gasteiger partial charge in [0.25, 0.3) is 5.91 Å². The van der Waals surface area contributed by atoms with E-state index in [0.29, 0.717) is 16.8 Å². The van der Waals surface area contributed by atoms with E-state index >= 15 is 0 Å². The maximum Gasteiger partial charge on any atom is 0.258 e. The summed E-state index contributed by atoms with van der Waals surface area (Å²) in [5.74, 6) is -0.317. The molecule has 0 bridgehead atoms. The normalized spacial score (nSPS) is 11.2. The van der Waals surface area contributed by atoms with Crippen molar-refractivity contribution < 1.29 is 10.0 Å².